The number of sulfone groups is 1. The van der Waals surface area contributed by atoms with E-state index in [0.29, 0.717) is 19.6 Å². The second-order valence-corrected chi connectivity index (χ2v) is 10.9. The third-order valence-electron chi connectivity index (χ3n) is 4.59. The normalized spacial score (nSPS) is 20.5. The van der Waals surface area contributed by atoms with Crippen LogP contribution in [0.25, 0.3) is 0 Å². The Balaban J connectivity index is 0.00000338. The molecule has 1 atom stereocenters. The molecule has 26 heavy (non-hydrogen) atoms. The molecule has 0 aliphatic carbocycles. The summed E-state index contributed by atoms with van der Waals surface area (Å²) in [5.74, 6) is 0.973. The van der Waals surface area contributed by atoms with Gasteiger partial charge in [0.2, 0.25) is 0 Å². The summed E-state index contributed by atoms with van der Waals surface area (Å²) >= 11 is 1.74. The Labute approximate surface area is 179 Å². The van der Waals surface area contributed by atoms with Gasteiger partial charge in [0.15, 0.2) is 15.8 Å². The van der Waals surface area contributed by atoms with Crippen molar-refractivity contribution in [2.24, 2.45) is 4.99 Å². The van der Waals surface area contributed by atoms with Crippen LogP contribution in [-0.4, -0.2) is 75.0 Å². The molecule has 1 aromatic heterocycles. The molecule has 0 aromatic carbocycles. The number of nitrogens with one attached hydrogen (secondary N) is 1. The Morgan fingerprint density at radius 1 is 1.46 bits per heavy atom. The maximum Gasteiger partial charge on any atom is 0.194 e. The molecule has 1 N–H and O–H groups in total. The Morgan fingerprint density at radius 3 is 2.65 bits per heavy atom. The van der Waals surface area contributed by atoms with Crippen molar-refractivity contribution in [1.82, 2.24) is 15.1 Å². The highest BCUT2D eigenvalue weighted by Gasteiger charge is 2.41. The van der Waals surface area contributed by atoms with E-state index < -0.39 is 14.6 Å². The number of nitrogens with zero attached hydrogens (tertiary/aromatic N) is 3. The fraction of sp³-hybridized carbons (Fsp3) is 0.706. The van der Waals surface area contributed by atoms with Gasteiger partial charge in [0, 0.05) is 24.5 Å². The van der Waals surface area contributed by atoms with Gasteiger partial charge >= 0.3 is 0 Å². The molecule has 6 nitrogen and oxygen atoms in total. The lowest BCUT2D eigenvalue weighted by Crippen LogP contribution is -2.57. The van der Waals surface area contributed by atoms with E-state index in [4.69, 9.17) is 4.99 Å². The molecule has 2 heterocycles. The first-order valence-corrected chi connectivity index (χ1v) is 11.2. The molecule has 0 spiro atoms. The van der Waals surface area contributed by atoms with Gasteiger partial charge in [-0.2, -0.15) is 0 Å². The predicted octanol–water partition coefficient (Wildman–Crippen LogP) is 2.44. The Hall–Kier alpha value is -0.390. The SMILES string of the molecule is CCNC(=NCC(c1cccs1)N(C)C)N1CCS(=O)(=O)C(C)(C)C1.I. The zero-order valence-electron chi connectivity index (χ0n) is 16.2. The monoisotopic (exact) mass is 514 g/mol. The summed E-state index contributed by atoms with van der Waals surface area (Å²) < 4.78 is 23.7. The first-order valence-electron chi connectivity index (χ1n) is 8.63. The van der Waals surface area contributed by atoms with Crippen molar-refractivity contribution in [1.29, 1.82) is 0 Å². The largest absolute Gasteiger partial charge is 0.357 e. The Bertz CT molecular complexity index is 688. The van der Waals surface area contributed by atoms with Gasteiger partial charge in [0.25, 0.3) is 0 Å². The van der Waals surface area contributed by atoms with Crippen LogP contribution in [0.5, 0.6) is 0 Å². The van der Waals surface area contributed by atoms with Crippen molar-refractivity contribution in [2.75, 3.05) is 46.0 Å². The van der Waals surface area contributed by atoms with Crippen LogP contribution >= 0.6 is 35.3 Å². The first-order chi connectivity index (χ1) is 11.7. The summed E-state index contributed by atoms with van der Waals surface area (Å²) in [5.41, 5.74) is 0. The minimum absolute atomic E-state index is 0. The number of hydrogen-bond acceptors (Lipinski definition) is 5. The molecular weight excluding hydrogens is 483 g/mol. The molecule has 1 aromatic rings. The van der Waals surface area contributed by atoms with Crippen LogP contribution in [0.4, 0.5) is 0 Å². The molecular formula is C17H31IN4O2S2. The van der Waals surface area contributed by atoms with E-state index >= 15 is 0 Å². The number of aliphatic imine (C=N–C) groups is 1. The number of thiophene rings is 1. The fourth-order valence-electron chi connectivity index (χ4n) is 2.91. The molecule has 0 amide bonds. The number of guanidine groups is 1. The quantitative estimate of drug-likeness (QED) is 0.372. The topological polar surface area (TPSA) is 65.0 Å². The number of hydrogen-bond donors (Lipinski definition) is 1. The molecule has 0 radical (unpaired) electrons. The number of rotatable bonds is 5. The molecule has 9 heteroatoms. The average Bonchev–Trinajstić information content (AvgIpc) is 3.03. The minimum Gasteiger partial charge on any atom is -0.357 e. The van der Waals surface area contributed by atoms with Crippen LogP contribution < -0.4 is 5.32 Å². The van der Waals surface area contributed by atoms with Gasteiger partial charge in [-0.15, -0.1) is 35.3 Å². The van der Waals surface area contributed by atoms with E-state index in [1.807, 2.05) is 6.92 Å². The van der Waals surface area contributed by atoms with Gasteiger partial charge in [-0.1, -0.05) is 6.07 Å². The van der Waals surface area contributed by atoms with Gasteiger partial charge in [-0.3, -0.25) is 4.99 Å². The summed E-state index contributed by atoms with van der Waals surface area (Å²) in [5, 5.41) is 5.41. The number of likely N-dealkylation sites (N-methyl/N-ethyl adjacent to an activating group) is 1. The summed E-state index contributed by atoms with van der Waals surface area (Å²) in [4.78, 5) is 10.4. The summed E-state index contributed by atoms with van der Waals surface area (Å²) in [6.45, 7) is 7.98. The predicted molar refractivity (Wildman–Crippen MR) is 122 cm³/mol. The Morgan fingerprint density at radius 2 is 2.15 bits per heavy atom. The average molecular weight is 514 g/mol. The summed E-state index contributed by atoms with van der Waals surface area (Å²) in [6.07, 6.45) is 0. The van der Waals surface area contributed by atoms with Gasteiger partial charge < -0.3 is 15.1 Å². The smallest absolute Gasteiger partial charge is 0.194 e. The van der Waals surface area contributed by atoms with Crippen LogP contribution in [0, 0.1) is 0 Å². The molecule has 2 rings (SSSR count). The van der Waals surface area contributed by atoms with E-state index in [2.05, 4.69) is 46.7 Å². The first kappa shape index (κ1) is 23.6. The van der Waals surface area contributed by atoms with Crippen molar-refractivity contribution in [2.45, 2.75) is 31.6 Å². The minimum atomic E-state index is -3.05. The molecule has 1 saturated heterocycles. The van der Waals surface area contributed by atoms with Gasteiger partial charge in [-0.25, -0.2) is 8.42 Å². The lowest BCUT2D eigenvalue weighted by atomic mass is 10.2. The van der Waals surface area contributed by atoms with Crippen molar-refractivity contribution < 1.29 is 8.42 Å². The van der Waals surface area contributed by atoms with Gasteiger partial charge in [0.1, 0.15) is 0 Å². The standard InChI is InChI=1S/C17H30N4O2S2.HI/c1-6-18-16(21-9-11-25(22,23)17(2,3)13-21)19-12-14(20(4)5)15-8-7-10-24-15;/h7-8,10,14H,6,9,11-13H2,1-5H3,(H,18,19);1H. The van der Waals surface area contributed by atoms with Crippen LogP contribution in [0.1, 0.15) is 31.7 Å². The summed E-state index contributed by atoms with van der Waals surface area (Å²) in [7, 11) is 1.06. The lowest BCUT2D eigenvalue weighted by Gasteiger charge is -2.39. The van der Waals surface area contributed by atoms with Crippen molar-refractivity contribution in [3.8, 4) is 0 Å². The molecule has 1 unspecified atom stereocenters. The second-order valence-electron chi connectivity index (χ2n) is 7.19. The van der Waals surface area contributed by atoms with Crippen molar-refractivity contribution in [3.63, 3.8) is 0 Å². The van der Waals surface area contributed by atoms with Crippen molar-refractivity contribution in [3.05, 3.63) is 22.4 Å². The fourth-order valence-corrected chi connectivity index (χ4v) is 5.19. The molecule has 1 fully saturated rings. The zero-order chi connectivity index (χ0) is 18.7. The Kier molecular flexibility index (Phi) is 8.82. The summed E-state index contributed by atoms with van der Waals surface area (Å²) in [6, 6.07) is 4.41. The van der Waals surface area contributed by atoms with Crippen molar-refractivity contribution >= 4 is 51.1 Å². The van der Waals surface area contributed by atoms with Crippen LogP contribution in [-0.2, 0) is 9.84 Å². The van der Waals surface area contributed by atoms with Crippen LogP contribution in [0.15, 0.2) is 22.5 Å². The molecule has 150 valence electrons. The van der Waals surface area contributed by atoms with E-state index in [9.17, 15) is 8.42 Å². The maximum atomic E-state index is 12.2. The lowest BCUT2D eigenvalue weighted by molar-refractivity contribution is 0.307. The van der Waals surface area contributed by atoms with E-state index in [0.717, 1.165) is 12.5 Å². The number of halogens is 1. The maximum absolute atomic E-state index is 12.2. The third kappa shape index (κ3) is 5.56. The molecule has 0 saturated carbocycles. The van der Waals surface area contributed by atoms with E-state index in [-0.39, 0.29) is 35.8 Å². The molecule has 0 bridgehead atoms. The highest BCUT2D eigenvalue weighted by molar-refractivity contribution is 14.0. The second kappa shape index (κ2) is 9.70. The van der Waals surface area contributed by atoms with Gasteiger partial charge in [0.05, 0.1) is 23.1 Å². The third-order valence-corrected chi connectivity index (χ3v) is 8.09. The van der Waals surface area contributed by atoms with Crippen LogP contribution in [0.2, 0.25) is 0 Å². The highest BCUT2D eigenvalue weighted by atomic mass is 127. The highest BCUT2D eigenvalue weighted by Crippen LogP contribution is 2.25. The van der Waals surface area contributed by atoms with Crippen LogP contribution in [0.3, 0.4) is 0 Å². The van der Waals surface area contributed by atoms with Gasteiger partial charge in [-0.05, 0) is 46.3 Å². The zero-order valence-corrected chi connectivity index (χ0v) is 20.2. The molecule has 1 aliphatic heterocycles. The van der Waals surface area contributed by atoms with E-state index in [1.165, 1.54) is 4.88 Å². The van der Waals surface area contributed by atoms with E-state index in [1.54, 1.807) is 25.2 Å². The molecule has 1 aliphatic rings.